The lowest BCUT2D eigenvalue weighted by molar-refractivity contribution is -0.00903. The third-order valence-corrected chi connectivity index (χ3v) is 4.36. The highest BCUT2D eigenvalue weighted by atomic mass is 35.5. The van der Waals surface area contributed by atoms with Crippen LogP contribution in [0.5, 0.6) is 5.88 Å². The maximum Gasteiger partial charge on any atom is 0.272 e. The van der Waals surface area contributed by atoms with E-state index in [9.17, 15) is 4.79 Å². The average molecular weight is 365 g/mol. The molecule has 25 heavy (non-hydrogen) atoms. The van der Waals surface area contributed by atoms with E-state index in [4.69, 9.17) is 21.1 Å². The number of amides is 1. The van der Waals surface area contributed by atoms with Gasteiger partial charge >= 0.3 is 0 Å². The van der Waals surface area contributed by atoms with Crippen molar-refractivity contribution in [2.24, 2.45) is 7.05 Å². The van der Waals surface area contributed by atoms with Gasteiger partial charge in [0.05, 0.1) is 24.4 Å². The quantitative estimate of drug-likeness (QED) is 0.823. The van der Waals surface area contributed by atoms with Crippen molar-refractivity contribution in [1.29, 1.82) is 0 Å². The number of aromatic nitrogens is 3. The van der Waals surface area contributed by atoms with Gasteiger partial charge < -0.3 is 14.8 Å². The number of hydrogen-bond acceptors (Lipinski definition) is 5. The molecular formula is C17H21ClN4O3. The molecule has 2 atom stereocenters. The summed E-state index contributed by atoms with van der Waals surface area (Å²) in [5.41, 5.74) is 2.37. The summed E-state index contributed by atoms with van der Waals surface area (Å²) in [7, 11) is 1.83. The van der Waals surface area contributed by atoms with E-state index in [2.05, 4.69) is 15.4 Å². The van der Waals surface area contributed by atoms with Crippen LogP contribution in [0.25, 0.3) is 0 Å². The normalized spacial score (nSPS) is 19.4. The number of nitrogens with one attached hydrogen (secondary N) is 1. The van der Waals surface area contributed by atoms with Crippen LogP contribution in [0.15, 0.2) is 18.3 Å². The Labute approximate surface area is 151 Å². The minimum atomic E-state index is -0.214. The molecule has 0 aliphatic carbocycles. The Balaban J connectivity index is 1.61. The molecule has 1 N–H and O–H groups in total. The molecule has 0 saturated carbocycles. The van der Waals surface area contributed by atoms with Gasteiger partial charge in [-0.1, -0.05) is 11.6 Å². The summed E-state index contributed by atoms with van der Waals surface area (Å²) in [4.78, 5) is 16.5. The van der Waals surface area contributed by atoms with Gasteiger partial charge in [-0.15, -0.1) is 0 Å². The van der Waals surface area contributed by atoms with Crippen LogP contribution in [-0.4, -0.2) is 39.9 Å². The lowest BCUT2D eigenvalue weighted by Crippen LogP contribution is -2.30. The largest absolute Gasteiger partial charge is 0.475 e. The second-order valence-corrected chi connectivity index (χ2v) is 6.43. The summed E-state index contributed by atoms with van der Waals surface area (Å²) in [6.45, 7) is 4.58. The molecule has 2 aromatic rings. The Morgan fingerprint density at radius 1 is 1.52 bits per heavy atom. The molecule has 1 amide bonds. The molecule has 0 fully saturated rings. The number of pyridine rings is 1. The molecule has 8 heteroatoms. The lowest BCUT2D eigenvalue weighted by atomic mass is 9.99. The molecule has 0 aromatic carbocycles. The first-order chi connectivity index (χ1) is 12.0. The predicted molar refractivity (Wildman–Crippen MR) is 92.9 cm³/mol. The molecule has 3 heterocycles. The summed E-state index contributed by atoms with van der Waals surface area (Å²) in [6, 6.07) is 3.43. The maximum atomic E-state index is 12.5. The highest BCUT2D eigenvalue weighted by molar-refractivity contribution is 6.31. The molecular weight excluding hydrogens is 344 g/mol. The number of rotatable bonds is 5. The second-order valence-electron chi connectivity index (χ2n) is 6.02. The van der Waals surface area contributed by atoms with Gasteiger partial charge in [-0.25, -0.2) is 4.98 Å². The molecule has 1 aliphatic rings. The van der Waals surface area contributed by atoms with Crippen molar-refractivity contribution < 1.29 is 14.3 Å². The van der Waals surface area contributed by atoms with Gasteiger partial charge in [0.1, 0.15) is 11.6 Å². The van der Waals surface area contributed by atoms with Gasteiger partial charge in [0.2, 0.25) is 5.88 Å². The van der Waals surface area contributed by atoms with E-state index in [1.165, 1.54) is 0 Å². The van der Waals surface area contributed by atoms with E-state index in [0.29, 0.717) is 29.6 Å². The highest BCUT2D eigenvalue weighted by Gasteiger charge is 2.31. The maximum absolute atomic E-state index is 12.5. The molecule has 134 valence electrons. The average Bonchev–Trinajstić information content (AvgIpc) is 2.89. The van der Waals surface area contributed by atoms with Crippen LogP contribution in [0.1, 0.15) is 41.7 Å². The zero-order chi connectivity index (χ0) is 18.0. The topological polar surface area (TPSA) is 78.3 Å². The van der Waals surface area contributed by atoms with Gasteiger partial charge in [-0.05, 0) is 26.0 Å². The first-order valence-corrected chi connectivity index (χ1v) is 8.58. The van der Waals surface area contributed by atoms with E-state index >= 15 is 0 Å². The minimum Gasteiger partial charge on any atom is -0.475 e. The smallest absolute Gasteiger partial charge is 0.272 e. The molecule has 0 radical (unpaired) electrons. The number of nitrogens with zero attached hydrogens (tertiary/aromatic N) is 3. The van der Waals surface area contributed by atoms with Crippen LogP contribution in [0.3, 0.4) is 0 Å². The Morgan fingerprint density at radius 2 is 2.32 bits per heavy atom. The monoisotopic (exact) mass is 364 g/mol. The zero-order valence-electron chi connectivity index (χ0n) is 14.5. The van der Waals surface area contributed by atoms with E-state index in [0.717, 1.165) is 11.3 Å². The lowest BCUT2D eigenvalue weighted by Gasteiger charge is -2.26. The summed E-state index contributed by atoms with van der Waals surface area (Å²) < 4.78 is 13.0. The summed E-state index contributed by atoms with van der Waals surface area (Å²) in [5.74, 6) is 0.141. The van der Waals surface area contributed by atoms with E-state index in [1.54, 1.807) is 23.0 Å². The first kappa shape index (κ1) is 17.7. The Kier molecular flexibility index (Phi) is 5.24. The van der Waals surface area contributed by atoms with Gasteiger partial charge in [0, 0.05) is 25.2 Å². The Hall–Kier alpha value is -2.12. The van der Waals surface area contributed by atoms with Gasteiger partial charge in [-0.2, -0.15) is 5.10 Å². The Bertz CT molecular complexity index is 777. The molecule has 0 saturated heterocycles. The van der Waals surface area contributed by atoms with Gasteiger partial charge in [0.25, 0.3) is 5.91 Å². The second kappa shape index (κ2) is 7.41. The van der Waals surface area contributed by atoms with Crippen molar-refractivity contribution in [3.05, 3.63) is 40.3 Å². The Morgan fingerprint density at radius 3 is 3.08 bits per heavy atom. The molecule has 7 nitrogen and oxygen atoms in total. The standard InChI is InChI=1S/C17H21ClN4O3/c1-10-9-12-14(21-22(3)15(12)11(2)25-10)16(23)19-7-8-24-17-13(18)5-4-6-20-17/h4-6,10-11H,7-9H2,1-3H3,(H,19,23)/t10-,11+/m1/s1. The fourth-order valence-corrected chi connectivity index (χ4v) is 3.27. The van der Waals surface area contributed by atoms with Crippen LogP contribution in [0.4, 0.5) is 0 Å². The van der Waals surface area contributed by atoms with Gasteiger partial charge in [-0.3, -0.25) is 9.48 Å². The number of hydrogen-bond donors (Lipinski definition) is 1. The van der Waals surface area contributed by atoms with Crippen LogP contribution < -0.4 is 10.1 Å². The van der Waals surface area contributed by atoms with Crippen molar-refractivity contribution in [1.82, 2.24) is 20.1 Å². The summed E-state index contributed by atoms with van der Waals surface area (Å²) >= 11 is 5.97. The fraction of sp³-hybridized carbons (Fsp3) is 0.471. The molecule has 0 bridgehead atoms. The van der Waals surface area contributed by atoms with E-state index < -0.39 is 0 Å². The predicted octanol–water partition coefficient (Wildman–Crippen LogP) is 2.30. The van der Waals surface area contributed by atoms with Crippen molar-refractivity contribution in [2.75, 3.05) is 13.2 Å². The minimum absolute atomic E-state index is 0.0629. The van der Waals surface area contributed by atoms with Crippen LogP contribution in [0, 0.1) is 0 Å². The van der Waals surface area contributed by atoms with Gasteiger partial charge in [0.15, 0.2) is 5.69 Å². The highest BCUT2D eigenvalue weighted by Crippen LogP contribution is 2.31. The number of carbonyl (C=O) groups excluding carboxylic acids is 1. The number of carbonyl (C=O) groups is 1. The zero-order valence-corrected chi connectivity index (χ0v) is 15.2. The van der Waals surface area contributed by atoms with Crippen molar-refractivity contribution in [3.63, 3.8) is 0 Å². The molecule has 0 unspecified atom stereocenters. The third-order valence-electron chi connectivity index (χ3n) is 4.07. The van der Waals surface area contributed by atoms with Crippen molar-refractivity contribution in [2.45, 2.75) is 32.5 Å². The molecule has 0 spiro atoms. The molecule has 2 aromatic heterocycles. The van der Waals surface area contributed by atoms with Crippen molar-refractivity contribution >= 4 is 17.5 Å². The van der Waals surface area contributed by atoms with Crippen LogP contribution in [0.2, 0.25) is 5.02 Å². The number of aryl methyl sites for hydroxylation is 1. The van der Waals surface area contributed by atoms with Crippen molar-refractivity contribution in [3.8, 4) is 5.88 Å². The third kappa shape index (κ3) is 3.77. The first-order valence-electron chi connectivity index (χ1n) is 8.20. The fourth-order valence-electron chi connectivity index (χ4n) is 3.09. The van der Waals surface area contributed by atoms with Crippen LogP contribution >= 0.6 is 11.6 Å². The number of halogens is 1. The number of ether oxygens (including phenoxy) is 2. The molecule has 3 rings (SSSR count). The summed E-state index contributed by atoms with van der Waals surface area (Å²) in [6.07, 6.45) is 2.26. The molecule has 1 aliphatic heterocycles. The van der Waals surface area contributed by atoms with E-state index in [1.807, 2.05) is 20.9 Å². The SMILES string of the molecule is C[C@@H]1Cc2c(C(=O)NCCOc3ncccc3Cl)nn(C)c2[C@H](C)O1. The number of fused-ring (bicyclic) bond motifs is 1. The van der Waals surface area contributed by atoms with Crippen LogP contribution in [-0.2, 0) is 18.2 Å². The van der Waals surface area contributed by atoms with E-state index in [-0.39, 0.29) is 24.7 Å². The summed E-state index contributed by atoms with van der Waals surface area (Å²) in [5, 5.41) is 7.65.